The summed E-state index contributed by atoms with van der Waals surface area (Å²) in [7, 11) is 3.67. The molecule has 0 radical (unpaired) electrons. The molecule has 1 aromatic heterocycles. The van der Waals surface area contributed by atoms with E-state index in [4.69, 9.17) is 9.47 Å². The fourth-order valence-corrected chi connectivity index (χ4v) is 2.70. The van der Waals surface area contributed by atoms with Crippen LogP contribution in [-0.4, -0.2) is 38.5 Å². The Morgan fingerprint density at radius 3 is 2.67 bits per heavy atom. The van der Waals surface area contributed by atoms with Crippen molar-refractivity contribution in [3.63, 3.8) is 0 Å². The predicted molar refractivity (Wildman–Crippen MR) is 86.9 cm³/mol. The lowest BCUT2D eigenvalue weighted by Crippen LogP contribution is -2.10. The number of nitrogens with one attached hydrogen (secondary N) is 1. The van der Waals surface area contributed by atoms with Crippen LogP contribution in [0.5, 0.6) is 0 Å². The van der Waals surface area contributed by atoms with Crippen LogP contribution in [0.25, 0.3) is 10.9 Å². The third kappa shape index (κ3) is 3.64. The Labute approximate surface area is 127 Å². The van der Waals surface area contributed by atoms with Crippen LogP contribution in [0, 0.1) is 13.8 Å². The second-order valence-corrected chi connectivity index (χ2v) is 5.35. The molecule has 0 saturated carbocycles. The molecule has 21 heavy (non-hydrogen) atoms. The summed E-state index contributed by atoms with van der Waals surface area (Å²) in [5.41, 5.74) is 5.29. The zero-order valence-corrected chi connectivity index (χ0v) is 13.5. The SMILES string of the molecule is CNCc1ccc2c(c1)c(C)c(C)n2CCOCCOC. The van der Waals surface area contributed by atoms with Gasteiger partial charge in [-0.25, -0.2) is 0 Å². The summed E-state index contributed by atoms with van der Waals surface area (Å²) in [6, 6.07) is 6.70. The van der Waals surface area contributed by atoms with Gasteiger partial charge in [0.15, 0.2) is 0 Å². The molecule has 0 bridgehead atoms. The minimum Gasteiger partial charge on any atom is -0.382 e. The van der Waals surface area contributed by atoms with Gasteiger partial charge in [-0.3, -0.25) is 0 Å². The Balaban J connectivity index is 2.17. The molecule has 0 saturated heterocycles. The Hall–Kier alpha value is -1.36. The molecular formula is C17H26N2O2. The number of hydrogen-bond acceptors (Lipinski definition) is 3. The summed E-state index contributed by atoms with van der Waals surface area (Å²) in [4.78, 5) is 0. The first kappa shape index (κ1) is 16.0. The third-order valence-corrected chi connectivity index (χ3v) is 3.98. The largest absolute Gasteiger partial charge is 0.382 e. The molecule has 1 aromatic carbocycles. The Morgan fingerprint density at radius 1 is 1.14 bits per heavy atom. The molecule has 0 aliphatic heterocycles. The van der Waals surface area contributed by atoms with E-state index in [1.807, 2.05) is 7.05 Å². The molecule has 2 aromatic rings. The smallest absolute Gasteiger partial charge is 0.0701 e. The normalized spacial score (nSPS) is 11.4. The fourth-order valence-electron chi connectivity index (χ4n) is 2.70. The van der Waals surface area contributed by atoms with Crippen molar-refractivity contribution in [1.82, 2.24) is 9.88 Å². The summed E-state index contributed by atoms with van der Waals surface area (Å²) in [5, 5.41) is 4.55. The van der Waals surface area contributed by atoms with E-state index in [2.05, 4.69) is 41.9 Å². The molecule has 4 nitrogen and oxygen atoms in total. The highest BCUT2D eigenvalue weighted by atomic mass is 16.5. The molecule has 0 aliphatic carbocycles. The van der Waals surface area contributed by atoms with Crippen molar-refractivity contribution in [3.8, 4) is 0 Å². The summed E-state index contributed by atoms with van der Waals surface area (Å²) in [5.74, 6) is 0. The molecule has 4 heteroatoms. The van der Waals surface area contributed by atoms with Crippen LogP contribution in [0.3, 0.4) is 0 Å². The number of fused-ring (bicyclic) bond motifs is 1. The van der Waals surface area contributed by atoms with E-state index in [-0.39, 0.29) is 0 Å². The van der Waals surface area contributed by atoms with Gasteiger partial charge in [0.25, 0.3) is 0 Å². The molecule has 116 valence electrons. The van der Waals surface area contributed by atoms with Crippen molar-refractivity contribution in [2.75, 3.05) is 34.0 Å². The van der Waals surface area contributed by atoms with Crippen LogP contribution >= 0.6 is 0 Å². The first-order chi connectivity index (χ1) is 10.2. The highest BCUT2D eigenvalue weighted by Crippen LogP contribution is 2.26. The number of hydrogen-bond donors (Lipinski definition) is 1. The fraction of sp³-hybridized carbons (Fsp3) is 0.529. The van der Waals surface area contributed by atoms with Crippen LogP contribution in [0.15, 0.2) is 18.2 Å². The van der Waals surface area contributed by atoms with E-state index in [0.717, 1.165) is 13.1 Å². The van der Waals surface area contributed by atoms with E-state index in [0.29, 0.717) is 19.8 Å². The summed E-state index contributed by atoms with van der Waals surface area (Å²) >= 11 is 0. The summed E-state index contributed by atoms with van der Waals surface area (Å²) in [6.07, 6.45) is 0. The maximum atomic E-state index is 5.60. The Morgan fingerprint density at radius 2 is 1.95 bits per heavy atom. The van der Waals surface area contributed by atoms with Crippen molar-refractivity contribution < 1.29 is 9.47 Å². The Kier molecular flexibility index (Phi) is 5.79. The molecule has 0 atom stereocenters. The van der Waals surface area contributed by atoms with Crippen molar-refractivity contribution in [3.05, 3.63) is 35.0 Å². The number of ether oxygens (including phenoxy) is 2. The minimum atomic E-state index is 0.651. The quantitative estimate of drug-likeness (QED) is 0.759. The molecule has 1 N–H and O–H groups in total. The highest BCUT2D eigenvalue weighted by Gasteiger charge is 2.11. The van der Waals surface area contributed by atoms with E-state index >= 15 is 0 Å². The van der Waals surface area contributed by atoms with Crippen molar-refractivity contribution in [1.29, 1.82) is 0 Å². The van der Waals surface area contributed by atoms with Crippen molar-refractivity contribution in [2.45, 2.75) is 26.9 Å². The predicted octanol–water partition coefficient (Wildman–Crippen LogP) is 2.64. The highest BCUT2D eigenvalue weighted by molar-refractivity contribution is 5.86. The van der Waals surface area contributed by atoms with Crippen LogP contribution in [0.4, 0.5) is 0 Å². The van der Waals surface area contributed by atoms with Gasteiger partial charge in [0.1, 0.15) is 0 Å². The second-order valence-electron chi connectivity index (χ2n) is 5.35. The number of methoxy groups -OCH3 is 1. The van der Waals surface area contributed by atoms with Crippen LogP contribution < -0.4 is 5.32 Å². The average molecular weight is 290 g/mol. The van der Waals surface area contributed by atoms with Crippen molar-refractivity contribution >= 4 is 10.9 Å². The van der Waals surface area contributed by atoms with Gasteiger partial charge in [-0.15, -0.1) is 0 Å². The number of benzene rings is 1. The van der Waals surface area contributed by atoms with Crippen molar-refractivity contribution in [2.24, 2.45) is 0 Å². The zero-order valence-electron chi connectivity index (χ0n) is 13.5. The zero-order chi connectivity index (χ0) is 15.2. The first-order valence-corrected chi connectivity index (χ1v) is 7.48. The number of rotatable bonds is 8. The van der Waals surface area contributed by atoms with E-state index in [1.165, 1.54) is 27.7 Å². The van der Waals surface area contributed by atoms with Gasteiger partial charge < -0.3 is 19.4 Å². The average Bonchev–Trinajstić information content (AvgIpc) is 2.72. The molecule has 0 spiro atoms. The monoisotopic (exact) mass is 290 g/mol. The van der Waals surface area contributed by atoms with E-state index < -0.39 is 0 Å². The molecule has 0 unspecified atom stereocenters. The minimum absolute atomic E-state index is 0.651. The molecule has 0 fully saturated rings. The van der Waals surface area contributed by atoms with Gasteiger partial charge in [-0.2, -0.15) is 0 Å². The number of aromatic nitrogens is 1. The van der Waals surface area contributed by atoms with Gasteiger partial charge in [0.05, 0.1) is 19.8 Å². The van der Waals surface area contributed by atoms with E-state index in [9.17, 15) is 0 Å². The standard InChI is InChI=1S/C17H26N2O2/c1-13-14(2)19(7-8-21-10-9-20-4)17-6-5-15(12-18-3)11-16(13)17/h5-6,11,18H,7-10,12H2,1-4H3. The molecular weight excluding hydrogens is 264 g/mol. The van der Waals surface area contributed by atoms with Gasteiger partial charge in [-0.05, 0) is 44.2 Å². The van der Waals surface area contributed by atoms with Gasteiger partial charge in [0.2, 0.25) is 0 Å². The van der Waals surface area contributed by atoms with Crippen LogP contribution in [0.2, 0.25) is 0 Å². The lowest BCUT2D eigenvalue weighted by Gasteiger charge is -2.09. The second kappa shape index (κ2) is 7.59. The van der Waals surface area contributed by atoms with Gasteiger partial charge >= 0.3 is 0 Å². The Bertz CT molecular complexity index is 590. The lowest BCUT2D eigenvalue weighted by molar-refractivity contribution is 0.0668. The maximum Gasteiger partial charge on any atom is 0.0701 e. The first-order valence-electron chi connectivity index (χ1n) is 7.48. The maximum absolute atomic E-state index is 5.60. The van der Waals surface area contributed by atoms with E-state index in [1.54, 1.807) is 7.11 Å². The molecule has 0 amide bonds. The van der Waals surface area contributed by atoms with Gasteiger partial charge in [0, 0.05) is 36.8 Å². The summed E-state index contributed by atoms with van der Waals surface area (Å²) < 4.78 is 12.9. The number of aryl methyl sites for hydroxylation is 1. The van der Waals surface area contributed by atoms with Crippen LogP contribution in [-0.2, 0) is 22.6 Å². The molecule has 0 aliphatic rings. The number of nitrogens with zero attached hydrogens (tertiary/aromatic N) is 1. The topological polar surface area (TPSA) is 35.4 Å². The lowest BCUT2D eigenvalue weighted by atomic mass is 10.1. The molecule has 2 rings (SSSR count). The molecule has 1 heterocycles. The van der Waals surface area contributed by atoms with Crippen LogP contribution in [0.1, 0.15) is 16.8 Å². The summed E-state index contributed by atoms with van der Waals surface area (Å²) in [6.45, 7) is 8.18. The van der Waals surface area contributed by atoms with Gasteiger partial charge in [-0.1, -0.05) is 6.07 Å². The third-order valence-electron chi connectivity index (χ3n) is 3.98.